The summed E-state index contributed by atoms with van der Waals surface area (Å²) in [5, 5.41) is 3.73. The molecule has 2 N–H and O–H groups in total. The third-order valence-corrected chi connectivity index (χ3v) is 4.80. The molecule has 0 aliphatic rings. The fourth-order valence-corrected chi connectivity index (χ4v) is 3.01. The van der Waals surface area contributed by atoms with Crippen LogP contribution in [-0.4, -0.2) is 19.9 Å². The van der Waals surface area contributed by atoms with Gasteiger partial charge in [-0.2, -0.15) is 0 Å². The molecule has 0 aliphatic heterocycles. The Labute approximate surface area is 142 Å². The largest absolute Gasteiger partial charge is 0.384 e. The van der Waals surface area contributed by atoms with Gasteiger partial charge in [-0.05, 0) is 48.7 Å². The zero-order valence-corrected chi connectivity index (χ0v) is 14.7. The van der Waals surface area contributed by atoms with E-state index in [1.54, 1.807) is 18.3 Å². The molecule has 0 unspecified atom stereocenters. The van der Waals surface area contributed by atoms with E-state index in [0.29, 0.717) is 10.9 Å². The van der Waals surface area contributed by atoms with Crippen molar-refractivity contribution in [3.8, 4) is 0 Å². The highest BCUT2D eigenvalue weighted by molar-refractivity contribution is 7.92. The molecule has 0 spiro atoms. The number of nitrogens with zero attached hydrogens (tertiary/aromatic N) is 1. The third-order valence-electron chi connectivity index (χ3n) is 3.18. The second-order valence-electron chi connectivity index (χ2n) is 5.60. The number of pyridine rings is 1. The van der Waals surface area contributed by atoms with Crippen molar-refractivity contribution in [3.05, 3.63) is 47.6 Å². The molecular formula is C16H20ClN3O2S. The second kappa shape index (κ2) is 7.66. The first-order valence-electron chi connectivity index (χ1n) is 7.35. The highest BCUT2D eigenvalue weighted by atomic mass is 35.5. The van der Waals surface area contributed by atoms with Crippen LogP contribution in [0.1, 0.15) is 20.3 Å². The lowest BCUT2D eigenvalue weighted by molar-refractivity contribution is 0.601. The van der Waals surface area contributed by atoms with Crippen LogP contribution in [0.4, 0.5) is 11.5 Å². The van der Waals surface area contributed by atoms with Crippen molar-refractivity contribution < 1.29 is 8.42 Å². The molecule has 1 aromatic heterocycles. The standard InChI is InChI=1S/C16H20ClN3O2S/c1-12(2)9-10-18-14-5-8-16(19-11-14)20-23(21,22)15-6-3-13(17)4-7-15/h3-8,11-12,18H,9-10H2,1-2H3,(H,19,20). The minimum absolute atomic E-state index is 0.142. The van der Waals surface area contributed by atoms with Crippen molar-refractivity contribution in [2.75, 3.05) is 16.6 Å². The van der Waals surface area contributed by atoms with E-state index in [0.717, 1.165) is 18.7 Å². The molecular weight excluding hydrogens is 334 g/mol. The molecule has 1 heterocycles. The summed E-state index contributed by atoms with van der Waals surface area (Å²) < 4.78 is 26.9. The highest BCUT2D eigenvalue weighted by Crippen LogP contribution is 2.18. The van der Waals surface area contributed by atoms with E-state index in [1.165, 1.54) is 24.3 Å². The summed E-state index contributed by atoms with van der Waals surface area (Å²) in [4.78, 5) is 4.27. The molecule has 23 heavy (non-hydrogen) atoms. The Morgan fingerprint density at radius 1 is 1.13 bits per heavy atom. The first-order chi connectivity index (χ1) is 10.9. The minimum atomic E-state index is -3.66. The van der Waals surface area contributed by atoms with Gasteiger partial charge in [0.1, 0.15) is 5.82 Å². The highest BCUT2D eigenvalue weighted by Gasteiger charge is 2.14. The molecule has 124 valence electrons. The zero-order valence-electron chi connectivity index (χ0n) is 13.1. The van der Waals surface area contributed by atoms with Gasteiger partial charge in [0.15, 0.2) is 0 Å². The molecule has 2 rings (SSSR count). The van der Waals surface area contributed by atoms with E-state index in [4.69, 9.17) is 11.6 Å². The molecule has 5 nitrogen and oxygen atoms in total. The molecule has 0 bridgehead atoms. The van der Waals surface area contributed by atoms with Gasteiger partial charge in [0.05, 0.1) is 16.8 Å². The number of hydrogen-bond acceptors (Lipinski definition) is 4. The zero-order chi connectivity index (χ0) is 16.9. The van der Waals surface area contributed by atoms with Crippen molar-refractivity contribution >= 4 is 33.1 Å². The van der Waals surface area contributed by atoms with Crippen LogP contribution in [0.5, 0.6) is 0 Å². The Hall–Kier alpha value is -1.79. The fraction of sp³-hybridized carbons (Fsp3) is 0.312. The Bertz CT molecular complexity index is 729. The van der Waals surface area contributed by atoms with Gasteiger partial charge < -0.3 is 5.32 Å². The van der Waals surface area contributed by atoms with E-state index in [9.17, 15) is 8.42 Å². The number of nitrogens with one attached hydrogen (secondary N) is 2. The van der Waals surface area contributed by atoms with Crippen LogP contribution in [0.3, 0.4) is 0 Å². The van der Waals surface area contributed by atoms with E-state index < -0.39 is 10.0 Å². The number of anilines is 2. The van der Waals surface area contributed by atoms with Crippen LogP contribution in [-0.2, 0) is 10.0 Å². The van der Waals surface area contributed by atoms with Gasteiger partial charge in [-0.15, -0.1) is 0 Å². The first kappa shape index (κ1) is 17.6. The Morgan fingerprint density at radius 2 is 1.83 bits per heavy atom. The SMILES string of the molecule is CC(C)CCNc1ccc(NS(=O)(=O)c2ccc(Cl)cc2)nc1. The summed E-state index contributed by atoms with van der Waals surface area (Å²) in [6.07, 6.45) is 2.67. The fourth-order valence-electron chi connectivity index (χ4n) is 1.87. The summed E-state index contributed by atoms with van der Waals surface area (Å²) in [5.74, 6) is 0.898. The van der Waals surface area contributed by atoms with Crippen molar-refractivity contribution in [2.24, 2.45) is 5.92 Å². The van der Waals surface area contributed by atoms with Gasteiger partial charge in [0.25, 0.3) is 10.0 Å². The Kier molecular flexibility index (Phi) is 5.85. The van der Waals surface area contributed by atoms with Gasteiger partial charge in [-0.1, -0.05) is 25.4 Å². The maximum Gasteiger partial charge on any atom is 0.263 e. The third kappa shape index (κ3) is 5.41. The van der Waals surface area contributed by atoms with Gasteiger partial charge >= 0.3 is 0 Å². The smallest absolute Gasteiger partial charge is 0.263 e. The number of aromatic nitrogens is 1. The molecule has 0 saturated heterocycles. The average Bonchev–Trinajstić information content (AvgIpc) is 2.49. The summed E-state index contributed by atoms with van der Waals surface area (Å²) in [7, 11) is -3.66. The summed E-state index contributed by atoms with van der Waals surface area (Å²) in [5.41, 5.74) is 0.861. The lowest BCUT2D eigenvalue weighted by Crippen LogP contribution is -2.14. The summed E-state index contributed by atoms with van der Waals surface area (Å²) in [6, 6.07) is 9.40. The molecule has 0 fully saturated rings. The van der Waals surface area contributed by atoms with Crippen LogP contribution in [0.2, 0.25) is 5.02 Å². The molecule has 0 saturated carbocycles. The molecule has 0 radical (unpaired) electrons. The normalized spacial score (nSPS) is 11.5. The minimum Gasteiger partial charge on any atom is -0.384 e. The van der Waals surface area contributed by atoms with Gasteiger partial charge in [0, 0.05) is 11.6 Å². The number of halogens is 1. The Morgan fingerprint density at radius 3 is 2.39 bits per heavy atom. The van der Waals surface area contributed by atoms with Crippen molar-refractivity contribution in [2.45, 2.75) is 25.2 Å². The number of rotatable bonds is 7. The van der Waals surface area contributed by atoms with Crippen LogP contribution < -0.4 is 10.0 Å². The van der Waals surface area contributed by atoms with Crippen LogP contribution >= 0.6 is 11.6 Å². The van der Waals surface area contributed by atoms with Gasteiger partial charge in [0.2, 0.25) is 0 Å². The van der Waals surface area contributed by atoms with E-state index in [1.807, 2.05) is 0 Å². The maximum absolute atomic E-state index is 12.2. The van der Waals surface area contributed by atoms with Crippen molar-refractivity contribution in [3.63, 3.8) is 0 Å². The number of sulfonamides is 1. The van der Waals surface area contributed by atoms with E-state index in [-0.39, 0.29) is 10.7 Å². The maximum atomic E-state index is 12.2. The second-order valence-corrected chi connectivity index (χ2v) is 7.72. The predicted octanol–water partition coefficient (Wildman–Crippen LogP) is 3.99. The molecule has 0 amide bonds. The molecule has 0 atom stereocenters. The molecule has 0 aliphatic carbocycles. The van der Waals surface area contributed by atoms with Gasteiger partial charge in [-0.3, -0.25) is 4.72 Å². The van der Waals surface area contributed by atoms with Crippen molar-refractivity contribution in [1.29, 1.82) is 0 Å². The quantitative estimate of drug-likeness (QED) is 0.789. The van der Waals surface area contributed by atoms with E-state index >= 15 is 0 Å². The van der Waals surface area contributed by atoms with Crippen LogP contribution in [0, 0.1) is 5.92 Å². The number of benzene rings is 1. The molecule has 7 heteroatoms. The lowest BCUT2D eigenvalue weighted by Gasteiger charge is -2.10. The topological polar surface area (TPSA) is 71.1 Å². The van der Waals surface area contributed by atoms with Crippen LogP contribution in [0.25, 0.3) is 0 Å². The van der Waals surface area contributed by atoms with E-state index in [2.05, 4.69) is 28.9 Å². The number of hydrogen-bond donors (Lipinski definition) is 2. The molecule has 2 aromatic rings. The molecule has 1 aromatic carbocycles. The van der Waals surface area contributed by atoms with Crippen molar-refractivity contribution in [1.82, 2.24) is 4.98 Å². The van der Waals surface area contributed by atoms with Crippen LogP contribution in [0.15, 0.2) is 47.5 Å². The monoisotopic (exact) mass is 353 g/mol. The summed E-state index contributed by atoms with van der Waals surface area (Å²) in [6.45, 7) is 5.18. The van der Waals surface area contributed by atoms with Gasteiger partial charge in [-0.25, -0.2) is 13.4 Å². The average molecular weight is 354 g/mol. The summed E-state index contributed by atoms with van der Waals surface area (Å²) >= 11 is 5.77. The Balaban J connectivity index is 2.01. The predicted molar refractivity (Wildman–Crippen MR) is 94.4 cm³/mol. The first-order valence-corrected chi connectivity index (χ1v) is 9.21. The lowest BCUT2D eigenvalue weighted by atomic mass is 10.1.